The van der Waals surface area contributed by atoms with Gasteiger partial charge >= 0.3 is 0 Å². The number of aliphatic hydroxyl groups is 1. The maximum Gasteiger partial charge on any atom is 0.183 e. The first-order valence-corrected chi connectivity index (χ1v) is 7.80. The van der Waals surface area contributed by atoms with Crippen molar-refractivity contribution in [3.8, 4) is 0 Å². The van der Waals surface area contributed by atoms with E-state index in [9.17, 15) is 5.11 Å². The number of aromatic nitrogens is 3. The Balaban J connectivity index is 1.52. The van der Waals surface area contributed by atoms with Gasteiger partial charge in [-0.05, 0) is 24.1 Å². The van der Waals surface area contributed by atoms with Crippen LogP contribution in [0.25, 0.3) is 0 Å². The summed E-state index contributed by atoms with van der Waals surface area (Å²) in [5.41, 5.74) is 2.10. The molecule has 23 heavy (non-hydrogen) atoms. The van der Waals surface area contributed by atoms with E-state index in [4.69, 9.17) is 9.47 Å². The topological polar surface area (TPSA) is 81.4 Å². The van der Waals surface area contributed by atoms with Gasteiger partial charge in [0.15, 0.2) is 6.29 Å². The lowest BCUT2D eigenvalue weighted by Gasteiger charge is -2.38. The van der Waals surface area contributed by atoms with Gasteiger partial charge in [-0.3, -0.25) is 9.67 Å². The maximum absolute atomic E-state index is 10.9. The third-order valence-corrected chi connectivity index (χ3v) is 4.43. The normalized spacial score (nSPS) is 33.0. The number of nitrogens with one attached hydrogen (secondary N) is 1. The number of fused-ring (bicyclic) bond motifs is 2. The monoisotopic (exact) mass is 316 g/mol. The van der Waals surface area contributed by atoms with Crippen molar-refractivity contribution in [2.45, 2.75) is 44.1 Å². The Kier molecular flexibility index (Phi) is 3.86. The van der Waals surface area contributed by atoms with Crippen LogP contribution in [0.3, 0.4) is 0 Å². The summed E-state index contributed by atoms with van der Waals surface area (Å²) in [7, 11) is 0. The van der Waals surface area contributed by atoms with Crippen LogP contribution in [-0.2, 0) is 16.0 Å². The Morgan fingerprint density at radius 1 is 1.43 bits per heavy atom. The highest BCUT2D eigenvalue weighted by Crippen LogP contribution is 2.35. The summed E-state index contributed by atoms with van der Waals surface area (Å²) in [6, 6.07) is 3.32. The van der Waals surface area contributed by atoms with Crippen LogP contribution >= 0.6 is 0 Å². The third-order valence-electron chi connectivity index (χ3n) is 4.43. The van der Waals surface area contributed by atoms with Gasteiger partial charge in [-0.15, -0.1) is 0 Å². The fourth-order valence-corrected chi connectivity index (χ4v) is 3.27. The van der Waals surface area contributed by atoms with Crippen molar-refractivity contribution >= 4 is 0 Å². The molecule has 2 bridgehead atoms. The second kappa shape index (κ2) is 6.01. The first-order valence-electron chi connectivity index (χ1n) is 7.80. The molecule has 4 heterocycles. The number of ether oxygens (including phenoxy) is 2. The number of aliphatic hydroxyl groups excluding tert-OH is 1. The van der Waals surface area contributed by atoms with Gasteiger partial charge in [0.2, 0.25) is 0 Å². The van der Waals surface area contributed by atoms with E-state index in [1.807, 2.05) is 31.5 Å². The molecule has 2 aliphatic heterocycles. The second-order valence-electron chi connectivity index (χ2n) is 6.12. The largest absolute Gasteiger partial charge is 0.389 e. The van der Waals surface area contributed by atoms with Crippen LogP contribution in [0.5, 0.6) is 0 Å². The third kappa shape index (κ3) is 2.76. The molecular weight excluding hydrogens is 296 g/mol. The van der Waals surface area contributed by atoms with Crippen LogP contribution in [0.2, 0.25) is 0 Å². The molecule has 0 radical (unpaired) electrons. The van der Waals surface area contributed by atoms with E-state index in [1.54, 1.807) is 17.1 Å². The molecule has 122 valence electrons. The first kappa shape index (κ1) is 14.8. The predicted octanol–water partition coefficient (Wildman–Crippen LogP) is 0.402. The highest BCUT2D eigenvalue weighted by molar-refractivity contribution is 5.10. The molecule has 0 unspecified atom stereocenters. The lowest BCUT2D eigenvalue weighted by atomic mass is 9.96. The van der Waals surface area contributed by atoms with E-state index in [0.29, 0.717) is 13.2 Å². The van der Waals surface area contributed by atoms with Crippen LogP contribution in [0.4, 0.5) is 0 Å². The summed E-state index contributed by atoms with van der Waals surface area (Å²) in [6.45, 7) is 3.06. The van der Waals surface area contributed by atoms with Gasteiger partial charge in [0, 0.05) is 25.1 Å². The van der Waals surface area contributed by atoms with Gasteiger partial charge < -0.3 is 19.9 Å². The molecule has 2 aliphatic rings. The molecule has 2 aromatic heterocycles. The van der Waals surface area contributed by atoms with E-state index in [2.05, 4.69) is 15.4 Å². The smallest absolute Gasteiger partial charge is 0.183 e. The zero-order valence-corrected chi connectivity index (χ0v) is 12.9. The molecule has 4 rings (SSSR count). The van der Waals surface area contributed by atoms with Gasteiger partial charge in [-0.2, -0.15) is 5.10 Å². The molecule has 2 N–H and O–H groups in total. The van der Waals surface area contributed by atoms with Crippen LogP contribution in [0.1, 0.15) is 17.2 Å². The van der Waals surface area contributed by atoms with Gasteiger partial charge in [-0.25, -0.2) is 0 Å². The van der Waals surface area contributed by atoms with Crippen molar-refractivity contribution in [3.05, 3.63) is 48.0 Å². The number of aryl methyl sites for hydroxylation is 1. The number of nitrogens with zero attached hydrogens (tertiary/aromatic N) is 3. The predicted molar refractivity (Wildman–Crippen MR) is 81.5 cm³/mol. The molecular formula is C16H20N4O3. The molecule has 0 spiro atoms. The lowest BCUT2D eigenvalue weighted by Crippen LogP contribution is -2.57. The molecule has 0 saturated carbocycles. The van der Waals surface area contributed by atoms with E-state index in [-0.39, 0.29) is 18.2 Å². The molecule has 0 amide bonds. The van der Waals surface area contributed by atoms with E-state index >= 15 is 0 Å². The highest BCUT2D eigenvalue weighted by Gasteiger charge is 2.51. The van der Waals surface area contributed by atoms with Crippen LogP contribution in [0.15, 0.2) is 36.9 Å². The minimum absolute atomic E-state index is 0.153. The summed E-state index contributed by atoms with van der Waals surface area (Å²) in [5, 5.41) is 18.6. The standard InChI is InChI=1S/C16H20N4O3/c1-10-5-19-20(8-10)14-15(21)13(12-9-22-16(14)23-12)18-7-11-3-2-4-17-6-11/h2-6,8,12-16,18,21H,7,9H2,1H3/t12-,13-,14-,15+,16-/m1/s1. The molecule has 0 aromatic carbocycles. The van der Waals surface area contributed by atoms with Crippen molar-refractivity contribution in [2.24, 2.45) is 0 Å². The maximum atomic E-state index is 10.9. The summed E-state index contributed by atoms with van der Waals surface area (Å²) in [6.07, 6.45) is 5.98. The van der Waals surface area contributed by atoms with Crippen molar-refractivity contribution in [2.75, 3.05) is 6.61 Å². The van der Waals surface area contributed by atoms with Crippen LogP contribution < -0.4 is 5.32 Å². The Bertz CT molecular complexity index is 662. The SMILES string of the molecule is Cc1cnn([C@H]2[C@@H]3OC[C@@H](O3)[C@@H](NCc3cccnc3)[C@@H]2O)c1. The summed E-state index contributed by atoms with van der Waals surface area (Å²) >= 11 is 0. The number of hydrogen-bond donors (Lipinski definition) is 2. The molecule has 2 aromatic rings. The summed E-state index contributed by atoms with van der Waals surface area (Å²) < 4.78 is 13.4. The van der Waals surface area contributed by atoms with Gasteiger partial charge in [0.1, 0.15) is 12.1 Å². The lowest BCUT2D eigenvalue weighted by molar-refractivity contribution is -0.168. The molecule has 7 nitrogen and oxygen atoms in total. The molecule has 2 fully saturated rings. The molecule has 0 aliphatic carbocycles. The van der Waals surface area contributed by atoms with Gasteiger partial charge in [0.05, 0.1) is 24.9 Å². The Morgan fingerprint density at radius 2 is 2.35 bits per heavy atom. The van der Waals surface area contributed by atoms with Crippen molar-refractivity contribution in [1.82, 2.24) is 20.1 Å². The Hall–Kier alpha value is -1.80. The number of pyridine rings is 1. The minimum atomic E-state index is -0.641. The van der Waals surface area contributed by atoms with Crippen LogP contribution in [-0.4, -0.2) is 51.0 Å². The van der Waals surface area contributed by atoms with Crippen molar-refractivity contribution in [3.63, 3.8) is 0 Å². The average Bonchev–Trinajstić information content (AvgIpc) is 3.17. The van der Waals surface area contributed by atoms with E-state index in [1.165, 1.54) is 0 Å². The fraction of sp³-hybridized carbons (Fsp3) is 0.500. The molecule has 5 atom stereocenters. The van der Waals surface area contributed by atoms with E-state index in [0.717, 1.165) is 11.1 Å². The average molecular weight is 316 g/mol. The quantitative estimate of drug-likeness (QED) is 0.850. The summed E-state index contributed by atoms with van der Waals surface area (Å²) in [4.78, 5) is 4.11. The first-order chi connectivity index (χ1) is 11.2. The Morgan fingerprint density at radius 3 is 3.09 bits per heavy atom. The van der Waals surface area contributed by atoms with Gasteiger partial charge in [-0.1, -0.05) is 6.07 Å². The van der Waals surface area contributed by atoms with Crippen LogP contribution in [0, 0.1) is 6.92 Å². The minimum Gasteiger partial charge on any atom is -0.389 e. The number of rotatable bonds is 4. The Labute approximate surface area is 134 Å². The molecule has 2 saturated heterocycles. The second-order valence-corrected chi connectivity index (χ2v) is 6.12. The zero-order valence-electron chi connectivity index (χ0n) is 12.9. The molecule has 7 heteroatoms. The number of hydrogen-bond acceptors (Lipinski definition) is 6. The van der Waals surface area contributed by atoms with E-state index < -0.39 is 12.4 Å². The van der Waals surface area contributed by atoms with Crippen molar-refractivity contribution < 1.29 is 14.6 Å². The summed E-state index contributed by atoms with van der Waals surface area (Å²) in [5.74, 6) is 0. The zero-order chi connectivity index (χ0) is 15.8. The fourth-order valence-electron chi connectivity index (χ4n) is 3.27. The van der Waals surface area contributed by atoms with Gasteiger partial charge in [0.25, 0.3) is 0 Å². The highest BCUT2D eigenvalue weighted by atomic mass is 16.7. The van der Waals surface area contributed by atoms with Crippen molar-refractivity contribution in [1.29, 1.82) is 0 Å².